The van der Waals surface area contributed by atoms with Crippen LogP contribution in [0.3, 0.4) is 0 Å². The van der Waals surface area contributed by atoms with Crippen LogP contribution in [0.1, 0.15) is 0 Å². The predicted molar refractivity (Wildman–Crippen MR) is 192 cm³/mol. The van der Waals surface area contributed by atoms with E-state index < -0.39 is 0 Å². The van der Waals surface area contributed by atoms with Crippen LogP contribution in [-0.2, 0) is 0 Å². The molecule has 4 heteroatoms. The maximum absolute atomic E-state index is 6.52. The third kappa shape index (κ3) is 4.75. The van der Waals surface area contributed by atoms with Gasteiger partial charge in [0.25, 0.3) is 0 Å². The third-order valence-electron chi connectivity index (χ3n) is 8.71. The molecule has 9 rings (SSSR count). The highest BCUT2D eigenvalue weighted by molar-refractivity contribution is 6.16. The number of hydrogen-bond acceptors (Lipinski definition) is 4. The Morgan fingerprint density at radius 3 is 1.79 bits per heavy atom. The maximum atomic E-state index is 6.52. The molecular formula is C43H28N2O2. The highest BCUT2D eigenvalue weighted by Crippen LogP contribution is 2.46. The lowest BCUT2D eigenvalue weighted by Crippen LogP contribution is -2.11. The van der Waals surface area contributed by atoms with Crippen LogP contribution >= 0.6 is 0 Å². The Bertz CT molecular complexity index is 2500. The van der Waals surface area contributed by atoms with Crippen molar-refractivity contribution in [1.29, 1.82) is 0 Å². The van der Waals surface area contributed by atoms with E-state index in [-0.39, 0.29) is 0 Å². The zero-order valence-electron chi connectivity index (χ0n) is 25.4. The Morgan fingerprint density at radius 1 is 0.426 bits per heavy atom. The molecule has 0 N–H and O–H groups in total. The van der Waals surface area contributed by atoms with Gasteiger partial charge in [0, 0.05) is 28.3 Å². The Labute approximate surface area is 271 Å². The molecule has 47 heavy (non-hydrogen) atoms. The Morgan fingerprint density at radius 2 is 1.04 bits per heavy atom. The fourth-order valence-corrected chi connectivity index (χ4v) is 6.49. The summed E-state index contributed by atoms with van der Waals surface area (Å²) in [5.41, 5.74) is 11.7. The molecule has 0 atom stereocenters. The smallest absolute Gasteiger partial charge is 0.227 e. The second-order valence-corrected chi connectivity index (χ2v) is 11.6. The first kappa shape index (κ1) is 27.0. The van der Waals surface area contributed by atoms with E-state index >= 15 is 0 Å². The van der Waals surface area contributed by atoms with E-state index in [9.17, 15) is 0 Å². The van der Waals surface area contributed by atoms with Gasteiger partial charge in [-0.15, -0.1) is 0 Å². The van der Waals surface area contributed by atoms with Gasteiger partial charge in [-0.2, -0.15) is 0 Å². The summed E-state index contributed by atoms with van der Waals surface area (Å²) < 4.78 is 12.7. The second kappa shape index (κ2) is 11.2. The van der Waals surface area contributed by atoms with E-state index in [2.05, 4.69) is 126 Å². The topological polar surface area (TPSA) is 42.4 Å². The zero-order chi connectivity index (χ0) is 31.2. The number of fused-ring (bicyclic) bond motifs is 4. The van der Waals surface area contributed by atoms with Crippen molar-refractivity contribution in [3.63, 3.8) is 0 Å². The van der Waals surface area contributed by atoms with Crippen LogP contribution < -0.4 is 4.90 Å². The van der Waals surface area contributed by atoms with Crippen LogP contribution in [0.15, 0.2) is 179 Å². The van der Waals surface area contributed by atoms with Gasteiger partial charge in [0.1, 0.15) is 16.7 Å². The number of anilines is 3. The van der Waals surface area contributed by atoms with Gasteiger partial charge in [0.15, 0.2) is 5.58 Å². The van der Waals surface area contributed by atoms with Gasteiger partial charge < -0.3 is 13.7 Å². The quantitative estimate of drug-likeness (QED) is 0.189. The van der Waals surface area contributed by atoms with E-state index in [0.717, 1.165) is 61.2 Å². The third-order valence-corrected chi connectivity index (χ3v) is 8.71. The molecule has 0 radical (unpaired) electrons. The molecular weight excluding hydrogens is 576 g/mol. The number of nitrogens with zero attached hydrogens (tertiary/aromatic N) is 2. The molecule has 2 aromatic heterocycles. The first-order valence-corrected chi connectivity index (χ1v) is 15.7. The maximum Gasteiger partial charge on any atom is 0.227 e. The first-order chi connectivity index (χ1) is 23.3. The van der Waals surface area contributed by atoms with Crippen molar-refractivity contribution in [3.05, 3.63) is 170 Å². The molecule has 0 aliphatic heterocycles. The molecule has 0 fully saturated rings. The number of hydrogen-bond donors (Lipinski definition) is 0. The lowest BCUT2D eigenvalue weighted by molar-refractivity contribution is 0.617. The van der Waals surface area contributed by atoms with Crippen LogP contribution in [0, 0.1) is 0 Å². The summed E-state index contributed by atoms with van der Waals surface area (Å²) >= 11 is 0. The average molecular weight is 605 g/mol. The van der Waals surface area contributed by atoms with E-state index in [1.54, 1.807) is 0 Å². The van der Waals surface area contributed by atoms with E-state index in [0.29, 0.717) is 11.5 Å². The van der Waals surface area contributed by atoms with Crippen molar-refractivity contribution < 1.29 is 8.83 Å². The van der Waals surface area contributed by atoms with Gasteiger partial charge in [-0.05, 0) is 65.2 Å². The number of aromatic nitrogens is 1. The number of oxazole rings is 1. The summed E-state index contributed by atoms with van der Waals surface area (Å²) in [5, 5.41) is 2.00. The molecule has 0 amide bonds. The number of benzene rings is 7. The van der Waals surface area contributed by atoms with Crippen molar-refractivity contribution in [1.82, 2.24) is 4.98 Å². The number of rotatable bonds is 6. The van der Waals surface area contributed by atoms with Crippen LogP contribution in [0.4, 0.5) is 17.1 Å². The molecule has 2 heterocycles. The molecule has 4 nitrogen and oxygen atoms in total. The summed E-state index contributed by atoms with van der Waals surface area (Å²) in [6.07, 6.45) is 0. The van der Waals surface area contributed by atoms with Crippen LogP contribution in [0.5, 0.6) is 0 Å². The number of furan rings is 1. The van der Waals surface area contributed by atoms with Crippen molar-refractivity contribution in [2.24, 2.45) is 0 Å². The van der Waals surface area contributed by atoms with Gasteiger partial charge >= 0.3 is 0 Å². The van der Waals surface area contributed by atoms with Crippen molar-refractivity contribution in [2.75, 3.05) is 4.90 Å². The fraction of sp³-hybridized carbons (Fsp3) is 0. The second-order valence-electron chi connectivity index (χ2n) is 11.6. The Balaban J connectivity index is 1.27. The van der Waals surface area contributed by atoms with E-state index in [1.807, 2.05) is 48.5 Å². The highest BCUT2D eigenvalue weighted by Gasteiger charge is 2.23. The summed E-state index contributed by atoms with van der Waals surface area (Å²) in [6.45, 7) is 0. The van der Waals surface area contributed by atoms with Gasteiger partial charge in [-0.25, -0.2) is 4.98 Å². The zero-order valence-corrected chi connectivity index (χ0v) is 25.4. The normalized spacial score (nSPS) is 11.4. The van der Waals surface area contributed by atoms with Gasteiger partial charge in [0.05, 0.1) is 16.8 Å². The predicted octanol–water partition coefficient (Wildman–Crippen LogP) is 12.2. The van der Waals surface area contributed by atoms with Crippen LogP contribution in [0.25, 0.3) is 66.7 Å². The minimum absolute atomic E-state index is 0.592. The molecule has 9 aromatic rings. The molecule has 0 bridgehead atoms. The lowest BCUT2D eigenvalue weighted by atomic mass is 10.00. The first-order valence-electron chi connectivity index (χ1n) is 15.7. The van der Waals surface area contributed by atoms with Gasteiger partial charge in [-0.1, -0.05) is 115 Å². The monoisotopic (exact) mass is 604 g/mol. The molecule has 0 aliphatic carbocycles. The standard InChI is InChI=1S/C43H28N2O2/c1-4-13-29(14-5-1)30-23-25-33(26-24-30)45(37-20-11-10-19-34(37)31-15-6-2-7-16-31)38-21-12-22-39-42(38)35-27-36-41(28-40(35)46-39)47-43(44-36)32-17-8-3-9-18-32/h1-28H. The largest absolute Gasteiger partial charge is 0.456 e. The SMILES string of the molecule is c1ccc(-c2ccc(N(c3ccccc3-c3ccccc3)c3cccc4oc5cc6oc(-c7ccccc7)nc6cc5c34)cc2)cc1. The van der Waals surface area contributed by atoms with Gasteiger partial charge in [0.2, 0.25) is 5.89 Å². The Hall–Kier alpha value is -6.39. The molecule has 0 aliphatic rings. The molecule has 0 spiro atoms. The van der Waals surface area contributed by atoms with Crippen molar-refractivity contribution in [2.45, 2.75) is 0 Å². The summed E-state index contributed by atoms with van der Waals surface area (Å²) in [4.78, 5) is 7.22. The average Bonchev–Trinajstić information content (AvgIpc) is 3.73. The van der Waals surface area contributed by atoms with Crippen molar-refractivity contribution >= 4 is 50.1 Å². The summed E-state index contributed by atoms with van der Waals surface area (Å²) in [7, 11) is 0. The fourth-order valence-electron chi connectivity index (χ4n) is 6.49. The van der Waals surface area contributed by atoms with E-state index in [4.69, 9.17) is 13.8 Å². The Kier molecular flexibility index (Phi) is 6.43. The molecule has 7 aromatic carbocycles. The molecule has 0 saturated heterocycles. The number of para-hydroxylation sites is 1. The molecule has 0 unspecified atom stereocenters. The lowest BCUT2D eigenvalue weighted by Gasteiger charge is -2.28. The molecule has 222 valence electrons. The molecule has 0 saturated carbocycles. The highest BCUT2D eigenvalue weighted by atomic mass is 16.4. The minimum Gasteiger partial charge on any atom is -0.456 e. The van der Waals surface area contributed by atoms with Crippen molar-refractivity contribution in [3.8, 4) is 33.7 Å². The summed E-state index contributed by atoms with van der Waals surface area (Å²) in [6, 6.07) is 58.7. The van der Waals surface area contributed by atoms with E-state index in [1.165, 1.54) is 11.1 Å². The minimum atomic E-state index is 0.592. The van der Waals surface area contributed by atoms with Crippen LogP contribution in [-0.4, -0.2) is 4.98 Å². The summed E-state index contributed by atoms with van der Waals surface area (Å²) in [5.74, 6) is 0.592. The van der Waals surface area contributed by atoms with Gasteiger partial charge in [-0.3, -0.25) is 0 Å². The van der Waals surface area contributed by atoms with Crippen LogP contribution in [0.2, 0.25) is 0 Å².